The molecule has 0 unspecified atom stereocenters. The Balaban J connectivity index is 2.19. The van der Waals surface area contributed by atoms with Gasteiger partial charge in [-0.15, -0.1) is 0 Å². The predicted molar refractivity (Wildman–Crippen MR) is 94.4 cm³/mol. The lowest BCUT2D eigenvalue weighted by molar-refractivity contribution is 0.421. The van der Waals surface area contributed by atoms with Gasteiger partial charge in [-0.2, -0.15) is 0 Å². The Hall–Kier alpha value is -2.70. The summed E-state index contributed by atoms with van der Waals surface area (Å²) >= 11 is 12.0. The summed E-state index contributed by atoms with van der Waals surface area (Å²) in [6.07, 6.45) is 1.46. The van der Waals surface area contributed by atoms with Crippen molar-refractivity contribution in [1.29, 1.82) is 0 Å². The van der Waals surface area contributed by atoms with Gasteiger partial charge in [-0.05, 0) is 24.3 Å². The molecule has 0 atom stereocenters. The number of ether oxygens (including phenoxy) is 1. The molecule has 0 spiro atoms. The van der Waals surface area contributed by atoms with Gasteiger partial charge in [0.25, 0.3) is 5.56 Å². The minimum absolute atomic E-state index is 0.0654. The van der Waals surface area contributed by atoms with Gasteiger partial charge in [0.05, 0.1) is 29.5 Å². The molecule has 0 N–H and O–H groups in total. The highest BCUT2D eigenvalue weighted by Crippen LogP contribution is 2.33. The van der Waals surface area contributed by atoms with E-state index >= 15 is 0 Å². The number of aromatic nitrogens is 1. The van der Waals surface area contributed by atoms with Crippen molar-refractivity contribution >= 4 is 45.1 Å². The van der Waals surface area contributed by atoms with Gasteiger partial charge in [0.15, 0.2) is 5.58 Å². The van der Waals surface area contributed by atoms with Gasteiger partial charge in [-0.25, -0.2) is 9.36 Å². The molecule has 0 aliphatic carbocycles. The standard InChI is InChI=1S/C17H9Cl2NO5/c1-23-15-9-4-5-24-12(9)7-13-14(15)16(21)20(17(22)25-13)11-3-2-8(18)6-10(11)19/h2-7H,1H3. The topological polar surface area (TPSA) is 74.6 Å². The van der Waals surface area contributed by atoms with E-state index < -0.39 is 11.3 Å². The molecule has 4 aromatic rings. The van der Waals surface area contributed by atoms with Gasteiger partial charge in [-0.3, -0.25) is 4.79 Å². The van der Waals surface area contributed by atoms with Gasteiger partial charge in [-0.1, -0.05) is 23.2 Å². The zero-order valence-electron chi connectivity index (χ0n) is 12.7. The van der Waals surface area contributed by atoms with Crippen molar-refractivity contribution in [2.45, 2.75) is 0 Å². The summed E-state index contributed by atoms with van der Waals surface area (Å²) in [5.41, 5.74) is 0.0568. The van der Waals surface area contributed by atoms with Crippen LogP contribution < -0.4 is 16.1 Å². The maximum absolute atomic E-state index is 13.0. The molecule has 0 saturated heterocycles. The zero-order valence-corrected chi connectivity index (χ0v) is 14.2. The van der Waals surface area contributed by atoms with E-state index in [1.54, 1.807) is 6.07 Å². The van der Waals surface area contributed by atoms with Gasteiger partial charge in [0, 0.05) is 11.1 Å². The second kappa shape index (κ2) is 5.68. The molecule has 0 aliphatic heterocycles. The third-order valence-electron chi connectivity index (χ3n) is 3.83. The summed E-state index contributed by atoms with van der Waals surface area (Å²) in [7, 11) is 1.42. The smallest absolute Gasteiger partial charge is 0.427 e. The van der Waals surface area contributed by atoms with Crippen molar-refractivity contribution in [3.05, 3.63) is 67.5 Å². The van der Waals surface area contributed by atoms with Crippen LogP contribution in [0.3, 0.4) is 0 Å². The predicted octanol–water partition coefficient (Wildman–Crippen LogP) is 4.01. The Morgan fingerprint density at radius 3 is 2.60 bits per heavy atom. The number of fused-ring (bicyclic) bond motifs is 2. The molecule has 6 nitrogen and oxygen atoms in total. The fourth-order valence-electron chi connectivity index (χ4n) is 2.76. The maximum atomic E-state index is 13.0. The Bertz CT molecular complexity index is 1250. The zero-order chi connectivity index (χ0) is 17.7. The third-order valence-corrected chi connectivity index (χ3v) is 4.36. The fraction of sp³-hybridized carbons (Fsp3) is 0.0588. The quantitative estimate of drug-likeness (QED) is 0.527. The molecule has 126 valence electrons. The first-order valence-corrected chi connectivity index (χ1v) is 7.86. The number of benzene rings is 2. The van der Waals surface area contributed by atoms with Crippen LogP contribution in [0, 0.1) is 0 Å². The van der Waals surface area contributed by atoms with Crippen molar-refractivity contribution in [2.75, 3.05) is 7.11 Å². The van der Waals surface area contributed by atoms with E-state index in [0.29, 0.717) is 16.0 Å². The molecule has 2 aromatic carbocycles. The lowest BCUT2D eigenvalue weighted by Crippen LogP contribution is -2.31. The van der Waals surface area contributed by atoms with E-state index in [1.807, 2.05) is 0 Å². The summed E-state index contributed by atoms with van der Waals surface area (Å²) in [4.78, 5) is 25.4. The average Bonchev–Trinajstić information content (AvgIpc) is 3.02. The Labute approximate surface area is 149 Å². The van der Waals surface area contributed by atoms with E-state index in [9.17, 15) is 9.59 Å². The maximum Gasteiger partial charge on any atom is 0.427 e. The van der Waals surface area contributed by atoms with Crippen LogP contribution in [0.1, 0.15) is 0 Å². The summed E-state index contributed by atoms with van der Waals surface area (Å²) in [5.74, 6) is -0.622. The van der Waals surface area contributed by atoms with Crippen LogP contribution in [-0.2, 0) is 0 Å². The highest BCUT2D eigenvalue weighted by Gasteiger charge is 2.20. The lowest BCUT2D eigenvalue weighted by atomic mass is 10.1. The first kappa shape index (κ1) is 15.8. The molecular weight excluding hydrogens is 369 g/mol. The van der Waals surface area contributed by atoms with Crippen LogP contribution in [0.25, 0.3) is 27.6 Å². The minimum Gasteiger partial charge on any atom is -0.495 e. The van der Waals surface area contributed by atoms with Crippen LogP contribution in [-0.4, -0.2) is 11.7 Å². The van der Waals surface area contributed by atoms with Crippen LogP contribution in [0.2, 0.25) is 10.0 Å². The number of hydrogen-bond acceptors (Lipinski definition) is 5. The SMILES string of the molecule is COc1c2ccoc2cc2oc(=O)n(-c3ccc(Cl)cc3Cl)c(=O)c12. The van der Waals surface area contributed by atoms with E-state index in [1.165, 1.54) is 37.6 Å². The van der Waals surface area contributed by atoms with Gasteiger partial charge in [0.2, 0.25) is 0 Å². The summed E-state index contributed by atoms with van der Waals surface area (Å²) in [6, 6.07) is 7.57. The van der Waals surface area contributed by atoms with E-state index in [0.717, 1.165) is 4.57 Å². The van der Waals surface area contributed by atoms with Crippen molar-refractivity contribution in [2.24, 2.45) is 0 Å². The van der Waals surface area contributed by atoms with Crippen molar-refractivity contribution in [1.82, 2.24) is 4.57 Å². The Morgan fingerprint density at radius 1 is 1.08 bits per heavy atom. The molecule has 0 aliphatic rings. The van der Waals surface area contributed by atoms with Gasteiger partial charge >= 0.3 is 5.76 Å². The Morgan fingerprint density at radius 2 is 1.88 bits per heavy atom. The first-order valence-electron chi connectivity index (χ1n) is 7.10. The van der Waals surface area contributed by atoms with Crippen LogP contribution in [0.4, 0.5) is 0 Å². The molecule has 2 heterocycles. The highest BCUT2D eigenvalue weighted by molar-refractivity contribution is 6.35. The van der Waals surface area contributed by atoms with Crippen LogP contribution >= 0.6 is 23.2 Å². The molecule has 0 bridgehead atoms. The van der Waals surface area contributed by atoms with E-state index in [-0.39, 0.29) is 27.4 Å². The second-order valence-corrected chi connectivity index (χ2v) is 6.06. The van der Waals surface area contributed by atoms with Crippen LogP contribution in [0.15, 0.2) is 55.0 Å². The molecular formula is C17H9Cl2NO5. The number of methoxy groups -OCH3 is 1. The first-order chi connectivity index (χ1) is 12.0. The van der Waals surface area contributed by atoms with Crippen molar-refractivity contribution < 1.29 is 13.6 Å². The number of halogens is 2. The van der Waals surface area contributed by atoms with Crippen LogP contribution in [0.5, 0.6) is 5.75 Å². The van der Waals surface area contributed by atoms with E-state index in [2.05, 4.69) is 0 Å². The number of rotatable bonds is 2. The average molecular weight is 378 g/mol. The van der Waals surface area contributed by atoms with Crippen molar-refractivity contribution in [3.8, 4) is 11.4 Å². The highest BCUT2D eigenvalue weighted by atomic mass is 35.5. The number of hydrogen-bond donors (Lipinski definition) is 0. The van der Waals surface area contributed by atoms with Gasteiger partial charge < -0.3 is 13.6 Å². The lowest BCUT2D eigenvalue weighted by Gasteiger charge is -2.10. The minimum atomic E-state index is -0.880. The number of nitrogens with zero attached hydrogens (tertiary/aromatic N) is 1. The molecule has 8 heteroatoms. The Kier molecular flexibility index (Phi) is 3.59. The molecule has 4 rings (SSSR count). The summed E-state index contributed by atoms with van der Waals surface area (Å²) < 4.78 is 16.8. The van der Waals surface area contributed by atoms with Gasteiger partial charge in [0.1, 0.15) is 16.7 Å². The summed E-state index contributed by atoms with van der Waals surface area (Å²) in [5, 5.41) is 1.23. The molecule has 0 saturated carbocycles. The fourth-order valence-corrected chi connectivity index (χ4v) is 3.25. The molecule has 0 amide bonds. The normalized spacial score (nSPS) is 11.3. The molecule has 0 radical (unpaired) electrons. The third kappa shape index (κ3) is 2.33. The molecule has 25 heavy (non-hydrogen) atoms. The summed E-state index contributed by atoms with van der Waals surface area (Å²) in [6.45, 7) is 0. The molecule has 2 aromatic heterocycles. The largest absolute Gasteiger partial charge is 0.495 e. The number of furan rings is 1. The van der Waals surface area contributed by atoms with Crippen molar-refractivity contribution in [3.63, 3.8) is 0 Å². The molecule has 0 fully saturated rings. The van der Waals surface area contributed by atoms with E-state index in [4.69, 9.17) is 36.8 Å². The monoisotopic (exact) mass is 377 g/mol. The second-order valence-electron chi connectivity index (χ2n) is 5.22.